The number of Topliss-reactive ketones (excluding diaryl/α,β-unsaturated/α-hetero) is 1. The maximum Gasteiger partial charge on any atom is 0.225 e. The molecule has 0 bridgehead atoms. The van der Waals surface area contributed by atoms with E-state index in [2.05, 4.69) is 20.9 Å². The molecule has 0 N–H and O–H groups in total. The van der Waals surface area contributed by atoms with Gasteiger partial charge in [0.05, 0.1) is 5.57 Å². The Balaban J connectivity index is 1.92. The molecule has 5 nitrogen and oxygen atoms in total. The summed E-state index contributed by atoms with van der Waals surface area (Å²) in [6, 6.07) is 3.87. The van der Waals surface area contributed by atoms with E-state index in [0.29, 0.717) is 5.57 Å². The van der Waals surface area contributed by atoms with Crippen LogP contribution in [0, 0.1) is 22.2 Å². The van der Waals surface area contributed by atoms with Crippen LogP contribution in [-0.4, -0.2) is 28.8 Å². The molecular formula is C16H18N4O. The van der Waals surface area contributed by atoms with Gasteiger partial charge in [-0.1, -0.05) is 19.9 Å². The molecule has 0 aromatic carbocycles. The maximum atomic E-state index is 12.2. The lowest BCUT2D eigenvalue weighted by Gasteiger charge is -2.38. The van der Waals surface area contributed by atoms with Crippen LogP contribution in [0.5, 0.6) is 0 Å². The molecule has 2 heterocycles. The Hall–Kier alpha value is -2.22. The van der Waals surface area contributed by atoms with E-state index in [4.69, 9.17) is 0 Å². The minimum atomic E-state index is -0.479. The topological polar surface area (TPSA) is 69.9 Å². The fourth-order valence-electron chi connectivity index (χ4n) is 3.61. The second kappa shape index (κ2) is 4.66. The molecule has 1 aliphatic carbocycles. The number of nitriles is 1. The third kappa shape index (κ3) is 2.31. The Morgan fingerprint density at radius 1 is 1.33 bits per heavy atom. The van der Waals surface area contributed by atoms with Crippen molar-refractivity contribution < 1.29 is 4.79 Å². The summed E-state index contributed by atoms with van der Waals surface area (Å²) in [5, 5.41) is 9.24. The number of hydrogen-bond acceptors (Lipinski definition) is 5. The zero-order valence-electron chi connectivity index (χ0n) is 12.3. The van der Waals surface area contributed by atoms with Gasteiger partial charge in [-0.15, -0.1) is 0 Å². The van der Waals surface area contributed by atoms with Gasteiger partial charge in [0.1, 0.15) is 6.07 Å². The van der Waals surface area contributed by atoms with Crippen LogP contribution in [0.3, 0.4) is 0 Å². The second-order valence-corrected chi connectivity index (χ2v) is 6.64. The highest BCUT2D eigenvalue weighted by atomic mass is 16.1. The Labute approximate surface area is 124 Å². The molecule has 1 aromatic heterocycles. The summed E-state index contributed by atoms with van der Waals surface area (Å²) in [5.74, 6) is 0.682. The van der Waals surface area contributed by atoms with Crippen LogP contribution in [0.2, 0.25) is 0 Å². The molecule has 1 atom stereocenters. The van der Waals surface area contributed by atoms with Gasteiger partial charge >= 0.3 is 0 Å². The maximum absolute atomic E-state index is 12.2. The highest BCUT2D eigenvalue weighted by molar-refractivity contribution is 6.03. The van der Waals surface area contributed by atoms with Gasteiger partial charge in [0.25, 0.3) is 0 Å². The minimum Gasteiger partial charge on any atom is -0.340 e. The lowest BCUT2D eigenvalue weighted by atomic mass is 9.64. The summed E-state index contributed by atoms with van der Waals surface area (Å²) in [7, 11) is 0. The van der Waals surface area contributed by atoms with Gasteiger partial charge in [-0.25, -0.2) is 9.97 Å². The normalized spacial score (nSPS) is 27.6. The molecule has 1 saturated heterocycles. The molecule has 0 saturated carbocycles. The van der Waals surface area contributed by atoms with E-state index in [0.717, 1.165) is 31.9 Å². The van der Waals surface area contributed by atoms with Gasteiger partial charge in [0.2, 0.25) is 5.95 Å². The van der Waals surface area contributed by atoms with Gasteiger partial charge in [-0.2, -0.15) is 5.26 Å². The molecule has 1 aliphatic heterocycles. The van der Waals surface area contributed by atoms with Gasteiger partial charge in [0, 0.05) is 36.3 Å². The molecule has 2 aliphatic rings. The van der Waals surface area contributed by atoms with E-state index >= 15 is 0 Å². The quantitative estimate of drug-likeness (QED) is 0.789. The molecule has 1 spiro atoms. The van der Waals surface area contributed by atoms with Gasteiger partial charge < -0.3 is 4.90 Å². The number of allylic oxidation sites excluding steroid dienone is 1. The van der Waals surface area contributed by atoms with Crippen molar-refractivity contribution in [2.45, 2.75) is 26.7 Å². The van der Waals surface area contributed by atoms with E-state index in [9.17, 15) is 10.1 Å². The summed E-state index contributed by atoms with van der Waals surface area (Å²) in [6.07, 6.45) is 7.06. The van der Waals surface area contributed by atoms with Gasteiger partial charge in [0.15, 0.2) is 5.78 Å². The third-order valence-electron chi connectivity index (χ3n) is 4.44. The van der Waals surface area contributed by atoms with Crippen LogP contribution in [0.25, 0.3) is 0 Å². The fraction of sp³-hybridized carbons (Fsp3) is 0.500. The Morgan fingerprint density at radius 2 is 2.05 bits per heavy atom. The smallest absolute Gasteiger partial charge is 0.225 e. The second-order valence-electron chi connectivity index (χ2n) is 6.64. The number of aromatic nitrogens is 2. The molecule has 3 rings (SSSR count). The van der Waals surface area contributed by atoms with Gasteiger partial charge in [-0.3, -0.25) is 4.79 Å². The monoisotopic (exact) mass is 282 g/mol. The summed E-state index contributed by atoms with van der Waals surface area (Å²) in [5.41, 5.74) is -0.295. The first kappa shape index (κ1) is 13.7. The zero-order chi connectivity index (χ0) is 15.1. The summed E-state index contributed by atoms with van der Waals surface area (Å²) in [6.45, 7) is 5.48. The molecule has 1 fully saturated rings. The van der Waals surface area contributed by atoms with Crippen LogP contribution < -0.4 is 4.90 Å². The van der Waals surface area contributed by atoms with Crippen LogP contribution >= 0.6 is 0 Å². The SMILES string of the molecule is CC1(C)CC2(C=C(C#N)C1=O)CCN(c1ncccn1)C2. The van der Waals surface area contributed by atoms with Crippen molar-refractivity contribution in [3.8, 4) is 6.07 Å². The predicted molar refractivity (Wildman–Crippen MR) is 78.4 cm³/mol. The molecule has 1 aromatic rings. The number of anilines is 1. The van der Waals surface area contributed by atoms with Crippen molar-refractivity contribution in [2.75, 3.05) is 18.0 Å². The largest absolute Gasteiger partial charge is 0.340 e. The van der Waals surface area contributed by atoms with Crippen LogP contribution in [0.4, 0.5) is 5.95 Å². The predicted octanol–water partition coefficient (Wildman–Crippen LogP) is 2.12. The Kier molecular flexibility index (Phi) is 3.05. The minimum absolute atomic E-state index is 0.0370. The summed E-state index contributed by atoms with van der Waals surface area (Å²) >= 11 is 0. The molecule has 0 radical (unpaired) electrons. The van der Waals surface area contributed by atoms with Crippen molar-refractivity contribution >= 4 is 11.7 Å². The standard InChI is InChI=1S/C16H18N4O/c1-15(2)10-16(8-12(9-17)13(15)21)4-7-20(11-16)14-18-5-3-6-19-14/h3,5-6,8H,4,7,10-11H2,1-2H3. The van der Waals surface area contributed by atoms with Crippen molar-refractivity contribution in [3.63, 3.8) is 0 Å². The molecule has 0 amide bonds. The Bertz CT molecular complexity index is 644. The average Bonchev–Trinajstić information content (AvgIpc) is 2.87. The first-order valence-corrected chi connectivity index (χ1v) is 7.16. The van der Waals surface area contributed by atoms with Crippen LogP contribution in [0.15, 0.2) is 30.1 Å². The Morgan fingerprint density at radius 3 is 2.71 bits per heavy atom. The average molecular weight is 282 g/mol. The van der Waals surface area contributed by atoms with E-state index < -0.39 is 5.41 Å². The van der Waals surface area contributed by atoms with Gasteiger partial charge in [-0.05, 0) is 18.9 Å². The number of ketones is 1. The molecule has 5 heteroatoms. The van der Waals surface area contributed by atoms with E-state index in [1.165, 1.54) is 0 Å². The fourth-order valence-corrected chi connectivity index (χ4v) is 3.61. The third-order valence-corrected chi connectivity index (χ3v) is 4.44. The highest BCUT2D eigenvalue weighted by Gasteiger charge is 2.48. The molecule has 21 heavy (non-hydrogen) atoms. The number of carbonyl (C=O) groups is 1. The zero-order valence-corrected chi connectivity index (χ0v) is 12.3. The van der Waals surface area contributed by atoms with Crippen molar-refractivity contribution in [1.29, 1.82) is 5.26 Å². The first-order valence-electron chi connectivity index (χ1n) is 7.16. The van der Waals surface area contributed by atoms with E-state index in [-0.39, 0.29) is 11.2 Å². The number of nitrogens with zero attached hydrogens (tertiary/aromatic N) is 4. The van der Waals surface area contributed by atoms with E-state index in [1.54, 1.807) is 18.5 Å². The highest BCUT2D eigenvalue weighted by Crippen LogP contribution is 2.48. The van der Waals surface area contributed by atoms with Crippen molar-refractivity contribution in [2.24, 2.45) is 10.8 Å². The lowest BCUT2D eigenvalue weighted by Crippen LogP contribution is -2.40. The first-order chi connectivity index (χ1) is 9.96. The van der Waals surface area contributed by atoms with Crippen LogP contribution in [-0.2, 0) is 4.79 Å². The van der Waals surface area contributed by atoms with Crippen LogP contribution in [0.1, 0.15) is 26.7 Å². The number of hydrogen-bond donors (Lipinski definition) is 0. The molecule has 1 unspecified atom stereocenters. The van der Waals surface area contributed by atoms with Crippen molar-refractivity contribution in [3.05, 3.63) is 30.1 Å². The summed E-state index contributed by atoms with van der Waals surface area (Å²) in [4.78, 5) is 23.0. The van der Waals surface area contributed by atoms with E-state index in [1.807, 2.05) is 19.9 Å². The number of carbonyl (C=O) groups excluding carboxylic acids is 1. The van der Waals surface area contributed by atoms with Crippen molar-refractivity contribution in [1.82, 2.24) is 9.97 Å². The summed E-state index contributed by atoms with van der Waals surface area (Å²) < 4.78 is 0. The lowest BCUT2D eigenvalue weighted by molar-refractivity contribution is -0.125. The molecule has 108 valence electrons. The number of rotatable bonds is 1. The molecular weight excluding hydrogens is 264 g/mol.